The Hall–Kier alpha value is -2.79. The number of rotatable bonds is 11. The zero-order valence-electron chi connectivity index (χ0n) is 21.9. The van der Waals surface area contributed by atoms with Crippen molar-refractivity contribution in [3.8, 4) is 28.0 Å². The summed E-state index contributed by atoms with van der Waals surface area (Å²) in [6.45, 7) is 4.94. The molecule has 2 nitrogen and oxygen atoms in total. The lowest BCUT2D eigenvalue weighted by Gasteiger charge is -2.29. The molecule has 1 aliphatic heterocycles. The molecule has 0 N–H and O–H groups in total. The number of unbranched alkanes of at least 4 members (excludes halogenated alkanes) is 4. The molecule has 1 aliphatic rings. The van der Waals surface area contributed by atoms with Gasteiger partial charge in [0, 0.05) is 11.1 Å². The molecular formula is C32H37F3O2. The van der Waals surface area contributed by atoms with E-state index in [0.29, 0.717) is 22.6 Å². The molecule has 37 heavy (non-hydrogen) atoms. The molecule has 0 aromatic heterocycles. The summed E-state index contributed by atoms with van der Waals surface area (Å²) < 4.78 is 55.2. The largest absolute Gasteiger partial charge is 0.491 e. The van der Waals surface area contributed by atoms with Crippen LogP contribution in [0.15, 0.2) is 54.6 Å². The number of benzene rings is 3. The Bertz CT molecular complexity index is 1150. The van der Waals surface area contributed by atoms with Crippen molar-refractivity contribution in [3.63, 3.8) is 0 Å². The fourth-order valence-corrected chi connectivity index (χ4v) is 5.15. The van der Waals surface area contributed by atoms with Gasteiger partial charge in [-0.1, -0.05) is 75.4 Å². The lowest BCUT2D eigenvalue weighted by atomic mass is 9.90. The van der Waals surface area contributed by atoms with E-state index in [1.54, 1.807) is 43.3 Å². The van der Waals surface area contributed by atoms with Gasteiger partial charge in [0.2, 0.25) is 5.82 Å². The van der Waals surface area contributed by atoms with Crippen molar-refractivity contribution < 1.29 is 22.6 Å². The van der Waals surface area contributed by atoms with E-state index >= 15 is 4.39 Å². The van der Waals surface area contributed by atoms with Crippen LogP contribution in [0, 0.1) is 23.4 Å². The quantitative estimate of drug-likeness (QED) is 0.239. The first kappa shape index (κ1) is 27.3. The molecule has 1 fully saturated rings. The standard InChI is InChI=1S/C32H37F3O2/c1-3-5-6-7-8-9-22-10-18-29(37-21-22)25-15-16-26(28(33)20-25)23-11-13-24(14-12-23)27-17-19-30(36-4-2)32(35)31(27)34/h11-17,19-20,22,29H,3-10,18,21H2,1-2H3. The Balaban J connectivity index is 1.38. The van der Waals surface area contributed by atoms with Gasteiger partial charge in [-0.05, 0) is 67.0 Å². The molecule has 3 aromatic rings. The van der Waals surface area contributed by atoms with E-state index in [9.17, 15) is 8.78 Å². The average Bonchev–Trinajstić information content (AvgIpc) is 2.92. The maximum atomic E-state index is 15.1. The molecule has 0 spiro atoms. The Morgan fingerprint density at radius 2 is 1.49 bits per heavy atom. The number of hydrogen-bond donors (Lipinski definition) is 0. The van der Waals surface area contributed by atoms with Gasteiger partial charge in [-0.15, -0.1) is 0 Å². The van der Waals surface area contributed by atoms with E-state index in [1.165, 1.54) is 50.7 Å². The second kappa shape index (κ2) is 13.1. The van der Waals surface area contributed by atoms with Gasteiger partial charge < -0.3 is 9.47 Å². The molecule has 0 aliphatic carbocycles. The van der Waals surface area contributed by atoms with Crippen LogP contribution in [-0.2, 0) is 4.74 Å². The van der Waals surface area contributed by atoms with Crippen molar-refractivity contribution in [3.05, 3.63) is 77.6 Å². The Morgan fingerprint density at radius 3 is 2.14 bits per heavy atom. The summed E-state index contributed by atoms with van der Waals surface area (Å²) >= 11 is 0. The predicted molar refractivity (Wildman–Crippen MR) is 143 cm³/mol. The number of ether oxygens (including phenoxy) is 2. The molecule has 0 radical (unpaired) electrons. The molecule has 0 saturated carbocycles. The second-order valence-corrected chi connectivity index (χ2v) is 9.96. The van der Waals surface area contributed by atoms with Crippen LogP contribution < -0.4 is 4.74 Å². The molecule has 2 unspecified atom stereocenters. The molecule has 0 amide bonds. The third kappa shape index (κ3) is 6.75. The van der Waals surface area contributed by atoms with Gasteiger partial charge in [-0.3, -0.25) is 0 Å². The highest BCUT2D eigenvalue weighted by Crippen LogP contribution is 2.36. The van der Waals surface area contributed by atoms with Crippen molar-refractivity contribution in [2.75, 3.05) is 13.2 Å². The topological polar surface area (TPSA) is 18.5 Å². The Kier molecular flexibility index (Phi) is 9.68. The second-order valence-electron chi connectivity index (χ2n) is 9.96. The third-order valence-corrected chi connectivity index (χ3v) is 7.30. The van der Waals surface area contributed by atoms with Gasteiger partial charge in [-0.2, -0.15) is 4.39 Å². The molecule has 4 rings (SSSR count). The maximum Gasteiger partial charge on any atom is 0.201 e. The SMILES string of the molecule is CCCCCCCC1CCC(c2ccc(-c3ccc(-c4ccc(OCC)c(F)c4F)cc3)c(F)c2)OC1. The average molecular weight is 511 g/mol. The molecule has 2 atom stereocenters. The van der Waals surface area contributed by atoms with Crippen molar-refractivity contribution in [2.24, 2.45) is 5.92 Å². The molecular weight excluding hydrogens is 473 g/mol. The van der Waals surface area contributed by atoms with Gasteiger partial charge in [0.25, 0.3) is 0 Å². The van der Waals surface area contributed by atoms with Gasteiger partial charge >= 0.3 is 0 Å². The van der Waals surface area contributed by atoms with E-state index in [1.807, 2.05) is 6.07 Å². The van der Waals surface area contributed by atoms with Crippen LogP contribution in [0.5, 0.6) is 5.75 Å². The van der Waals surface area contributed by atoms with Crippen molar-refractivity contribution in [2.45, 2.75) is 71.3 Å². The van der Waals surface area contributed by atoms with Gasteiger partial charge in [0.1, 0.15) is 5.82 Å². The third-order valence-electron chi connectivity index (χ3n) is 7.30. The van der Waals surface area contributed by atoms with E-state index in [4.69, 9.17) is 9.47 Å². The van der Waals surface area contributed by atoms with Crippen LogP contribution in [0.1, 0.15) is 76.9 Å². The summed E-state index contributed by atoms with van der Waals surface area (Å²) in [4.78, 5) is 0. The van der Waals surface area contributed by atoms with Gasteiger partial charge in [0.05, 0.1) is 19.3 Å². The highest BCUT2D eigenvalue weighted by molar-refractivity contribution is 5.71. The molecule has 1 heterocycles. The molecule has 5 heteroatoms. The number of halogens is 3. The van der Waals surface area contributed by atoms with Gasteiger partial charge in [0.15, 0.2) is 11.6 Å². The number of hydrogen-bond acceptors (Lipinski definition) is 2. The first-order valence-corrected chi connectivity index (χ1v) is 13.6. The minimum Gasteiger partial charge on any atom is -0.491 e. The molecule has 0 bridgehead atoms. The lowest BCUT2D eigenvalue weighted by Crippen LogP contribution is -2.20. The van der Waals surface area contributed by atoms with Crippen molar-refractivity contribution in [1.82, 2.24) is 0 Å². The lowest BCUT2D eigenvalue weighted by molar-refractivity contribution is -0.0200. The monoisotopic (exact) mass is 510 g/mol. The highest BCUT2D eigenvalue weighted by atomic mass is 19.2. The van der Waals surface area contributed by atoms with E-state index in [-0.39, 0.29) is 29.8 Å². The van der Waals surface area contributed by atoms with E-state index < -0.39 is 11.6 Å². The fraction of sp³-hybridized carbons (Fsp3) is 0.438. The van der Waals surface area contributed by atoms with E-state index in [2.05, 4.69) is 6.92 Å². The summed E-state index contributed by atoms with van der Waals surface area (Å²) in [6.07, 6.45) is 9.64. The van der Waals surface area contributed by atoms with Crippen LogP contribution >= 0.6 is 0 Å². The normalized spacial score (nSPS) is 17.6. The van der Waals surface area contributed by atoms with Crippen LogP contribution in [0.25, 0.3) is 22.3 Å². The van der Waals surface area contributed by atoms with Crippen LogP contribution in [0.3, 0.4) is 0 Å². The zero-order valence-corrected chi connectivity index (χ0v) is 21.9. The summed E-state index contributed by atoms with van der Waals surface area (Å²) in [6, 6.07) is 15.0. The molecule has 1 saturated heterocycles. The summed E-state index contributed by atoms with van der Waals surface area (Å²) in [7, 11) is 0. The smallest absolute Gasteiger partial charge is 0.201 e. The van der Waals surface area contributed by atoms with Crippen LogP contribution in [0.4, 0.5) is 13.2 Å². The van der Waals surface area contributed by atoms with Crippen molar-refractivity contribution >= 4 is 0 Å². The summed E-state index contributed by atoms with van der Waals surface area (Å²) in [5.74, 6) is -1.78. The molecule has 3 aromatic carbocycles. The first-order valence-electron chi connectivity index (χ1n) is 13.6. The summed E-state index contributed by atoms with van der Waals surface area (Å²) in [5, 5.41) is 0. The fourth-order valence-electron chi connectivity index (χ4n) is 5.15. The predicted octanol–water partition coefficient (Wildman–Crippen LogP) is 9.66. The molecule has 198 valence electrons. The zero-order chi connectivity index (χ0) is 26.2. The summed E-state index contributed by atoms with van der Waals surface area (Å²) in [5.41, 5.74) is 2.65. The highest BCUT2D eigenvalue weighted by Gasteiger charge is 2.23. The maximum absolute atomic E-state index is 15.1. The Labute approximate surface area is 218 Å². The van der Waals surface area contributed by atoms with Crippen LogP contribution in [0.2, 0.25) is 0 Å². The Morgan fingerprint density at radius 1 is 0.784 bits per heavy atom. The van der Waals surface area contributed by atoms with Crippen LogP contribution in [-0.4, -0.2) is 13.2 Å². The van der Waals surface area contributed by atoms with Crippen molar-refractivity contribution in [1.29, 1.82) is 0 Å². The first-order chi connectivity index (χ1) is 18.0. The minimum absolute atomic E-state index is 0.0696. The van der Waals surface area contributed by atoms with E-state index in [0.717, 1.165) is 25.0 Å². The van der Waals surface area contributed by atoms with Gasteiger partial charge in [-0.25, -0.2) is 8.78 Å². The minimum atomic E-state index is -1.01.